The van der Waals surface area contributed by atoms with Gasteiger partial charge >= 0.3 is 23.9 Å². The first kappa shape index (κ1) is 20.1. The topological polar surface area (TPSA) is 105 Å². The van der Waals surface area contributed by atoms with Crippen molar-refractivity contribution in [1.29, 1.82) is 0 Å². The Balaban J connectivity index is 0.000000169. The lowest BCUT2D eigenvalue weighted by molar-refractivity contribution is -0.158. The Labute approximate surface area is 162 Å². The number of hydrogen-bond donors (Lipinski definition) is 0. The van der Waals surface area contributed by atoms with Crippen LogP contribution in [-0.2, 0) is 38.1 Å². The Hall–Kier alpha value is -2.64. The van der Waals surface area contributed by atoms with Gasteiger partial charge in [0.05, 0.1) is 12.5 Å². The van der Waals surface area contributed by atoms with Crippen LogP contribution in [0.15, 0.2) is 24.3 Å². The van der Waals surface area contributed by atoms with Crippen molar-refractivity contribution in [3.8, 4) is 0 Å². The highest BCUT2D eigenvalue weighted by atomic mass is 16.6. The summed E-state index contributed by atoms with van der Waals surface area (Å²) in [7, 11) is 0. The van der Waals surface area contributed by atoms with E-state index in [9.17, 15) is 19.2 Å². The van der Waals surface area contributed by atoms with Crippen LogP contribution in [0.1, 0.15) is 33.1 Å². The predicted octanol–water partition coefficient (Wildman–Crippen LogP) is 1.48. The lowest BCUT2D eigenvalue weighted by Gasteiger charge is -2.25. The Morgan fingerprint density at radius 1 is 1.00 bits per heavy atom. The van der Waals surface area contributed by atoms with E-state index in [1.165, 1.54) is 6.92 Å². The predicted molar refractivity (Wildman–Crippen MR) is 94.5 cm³/mol. The second-order valence-corrected chi connectivity index (χ2v) is 7.68. The fourth-order valence-corrected chi connectivity index (χ4v) is 4.10. The van der Waals surface area contributed by atoms with Crippen LogP contribution in [-0.4, -0.2) is 48.8 Å². The summed E-state index contributed by atoms with van der Waals surface area (Å²) in [6, 6.07) is 0. The lowest BCUT2D eigenvalue weighted by Crippen LogP contribution is -2.36. The van der Waals surface area contributed by atoms with Gasteiger partial charge in [-0.15, -0.1) is 0 Å². The number of fused-ring (bicyclic) bond motifs is 1. The highest BCUT2D eigenvalue weighted by Gasteiger charge is 2.63. The molecule has 4 rings (SSSR count). The number of cyclic esters (lactones) is 1. The number of rotatable bonds is 4. The van der Waals surface area contributed by atoms with E-state index in [0.29, 0.717) is 24.5 Å². The van der Waals surface area contributed by atoms with Gasteiger partial charge in [0.25, 0.3) is 0 Å². The van der Waals surface area contributed by atoms with E-state index >= 15 is 0 Å². The normalized spacial score (nSPS) is 34.1. The molecule has 8 nitrogen and oxygen atoms in total. The molecule has 2 aliphatic heterocycles. The first-order chi connectivity index (χ1) is 13.2. The van der Waals surface area contributed by atoms with E-state index in [1.54, 1.807) is 6.92 Å². The van der Waals surface area contributed by atoms with E-state index in [0.717, 1.165) is 12.8 Å². The van der Waals surface area contributed by atoms with Gasteiger partial charge in [-0.05, 0) is 26.7 Å². The molecule has 152 valence electrons. The van der Waals surface area contributed by atoms with E-state index < -0.39 is 18.0 Å². The van der Waals surface area contributed by atoms with Gasteiger partial charge in [0.2, 0.25) is 6.10 Å². The van der Waals surface area contributed by atoms with Crippen LogP contribution in [0, 0.1) is 17.8 Å². The van der Waals surface area contributed by atoms with Crippen molar-refractivity contribution in [1.82, 2.24) is 0 Å². The molecule has 0 N–H and O–H groups in total. The average Bonchev–Trinajstić information content (AvgIpc) is 3.35. The van der Waals surface area contributed by atoms with Gasteiger partial charge in [0.15, 0.2) is 0 Å². The van der Waals surface area contributed by atoms with Crippen molar-refractivity contribution in [2.24, 2.45) is 17.8 Å². The molecule has 0 radical (unpaired) electrons. The summed E-state index contributed by atoms with van der Waals surface area (Å²) in [6.45, 7) is 10.4. The average molecular weight is 392 g/mol. The molecule has 0 aromatic heterocycles. The van der Waals surface area contributed by atoms with Crippen LogP contribution < -0.4 is 0 Å². The summed E-state index contributed by atoms with van der Waals surface area (Å²) in [5.74, 6) is -0.850. The quantitative estimate of drug-likeness (QED) is 0.402. The van der Waals surface area contributed by atoms with Crippen LogP contribution in [0.25, 0.3) is 0 Å². The summed E-state index contributed by atoms with van der Waals surface area (Å²) in [5.41, 5.74) is 0.679. The Kier molecular flexibility index (Phi) is 5.58. The molecular formula is C20H24O8. The molecule has 6 unspecified atom stereocenters. The Bertz CT molecular complexity index is 738. The molecule has 8 heteroatoms. The minimum absolute atomic E-state index is 0.0646. The van der Waals surface area contributed by atoms with Crippen molar-refractivity contribution in [3.05, 3.63) is 24.3 Å². The fourth-order valence-electron chi connectivity index (χ4n) is 4.10. The van der Waals surface area contributed by atoms with E-state index in [2.05, 4.69) is 17.9 Å². The molecule has 2 bridgehead atoms. The number of hydrogen-bond acceptors (Lipinski definition) is 8. The zero-order chi connectivity index (χ0) is 20.6. The summed E-state index contributed by atoms with van der Waals surface area (Å²) in [4.78, 5) is 44.7. The van der Waals surface area contributed by atoms with Gasteiger partial charge in [0.1, 0.15) is 12.2 Å². The number of esters is 4. The summed E-state index contributed by atoms with van der Waals surface area (Å²) in [5, 5.41) is 0. The minimum Gasteiger partial charge on any atom is -0.463 e. The molecule has 0 aromatic carbocycles. The van der Waals surface area contributed by atoms with Crippen molar-refractivity contribution in [3.63, 3.8) is 0 Å². The molecule has 0 aromatic rings. The van der Waals surface area contributed by atoms with Crippen molar-refractivity contribution < 1.29 is 38.1 Å². The molecule has 2 aliphatic carbocycles. The second-order valence-electron chi connectivity index (χ2n) is 7.68. The molecule has 2 heterocycles. The monoisotopic (exact) mass is 392 g/mol. The number of carbonyl (C=O) groups is 4. The molecule has 28 heavy (non-hydrogen) atoms. The van der Waals surface area contributed by atoms with Crippen LogP contribution in [0.4, 0.5) is 0 Å². The zero-order valence-corrected chi connectivity index (χ0v) is 16.0. The van der Waals surface area contributed by atoms with Gasteiger partial charge < -0.3 is 18.9 Å². The summed E-state index contributed by atoms with van der Waals surface area (Å²) < 4.78 is 20.0. The fraction of sp³-hybridized carbons (Fsp3) is 0.600. The third-order valence-corrected chi connectivity index (χ3v) is 5.49. The van der Waals surface area contributed by atoms with Gasteiger partial charge in [-0.3, -0.25) is 4.79 Å². The molecular weight excluding hydrogens is 368 g/mol. The third-order valence-electron chi connectivity index (χ3n) is 5.49. The van der Waals surface area contributed by atoms with Crippen molar-refractivity contribution >= 4 is 23.9 Å². The van der Waals surface area contributed by atoms with Crippen LogP contribution >= 0.6 is 0 Å². The molecule has 4 aliphatic rings. The van der Waals surface area contributed by atoms with E-state index in [4.69, 9.17) is 14.2 Å². The smallest absolute Gasteiger partial charge is 0.347 e. The minimum atomic E-state index is -0.728. The number of carbonyl (C=O) groups excluding carboxylic acids is 4. The first-order valence-electron chi connectivity index (χ1n) is 9.29. The van der Waals surface area contributed by atoms with Crippen molar-refractivity contribution in [2.75, 3.05) is 6.61 Å². The largest absolute Gasteiger partial charge is 0.463 e. The van der Waals surface area contributed by atoms with Crippen LogP contribution in [0.2, 0.25) is 0 Å². The maximum absolute atomic E-state index is 11.5. The second kappa shape index (κ2) is 7.77. The van der Waals surface area contributed by atoms with E-state index in [-0.39, 0.29) is 41.6 Å². The van der Waals surface area contributed by atoms with Gasteiger partial charge in [-0.25, -0.2) is 14.4 Å². The summed E-state index contributed by atoms with van der Waals surface area (Å²) in [6.07, 6.45) is 1.05. The molecule has 2 saturated heterocycles. The maximum Gasteiger partial charge on any atom is 0.347 e. The van der Waals surface area contributed by atoms with Gasteiger partial charge in [-0.1, -0.05) is 13.2 Å². The molecule has 2 saturated carbocycles. The standard InChI is InChI=1S/C12H14O4.C8H10O4/c1-5(2)11(13)15-9-6-3-7-8(4-6)12(14)16-10(7)9;1-5(2)7(9)12-6-3-4-11-8(6)10/h6-10H,1,3-4H2,2H3;6H,1,3-4H2,2H3. The van der Waals surface area contributed by atoms with Crippen LogP contribution in [0.3, 0.4) is 0 Å². The highest BCUT2D eigenvalue weighted by Crippen LogP contribution is 2.55. The Morgan fingerprint density at radius 3 is 2.21 bits per heavy atom. The van der Waals surface area contributed by atoms with E-state index in [1.807, 2.05) is 0 Å². The maximum atomic E-state index is 11.5. The zero-order valence-electron chi connectivity index (χ0n) is 16.0. The van der Waals surface area contributed by atoms with Gasteiger partial charge in [0, 0.05) is 29.4 Å². The third kappa shape index (κ3) is 3.81. The first-order valence-corrected chi connectivity index (χ1v) is 9.29. The molecule has 6 atom stereocenters. The highest BCUT2D eigenvalue weighted by molar-refractivity contribution is 5.89. The van der Waals surface area contributed by atoms with Crippen molar-refractivity contribution in [2.45, 2.75) is 51.4 Å². The lowest BCUT2D eigenvalue weighted by atomic mass is 9.88. The SMILES string of the molecule is C=C(C)C(=O)OC1C2CC3C(=O)OC1C3C2.C=C(C)C(=O)OC1CCOC1=O. The Morgan fingerprint density at radius 2 is 1.64 bits per heavy atom. The van der Waals surface area contributed by atoms with Crippen LogP contribution in [0.5, 0.6) is 0 Å². The van der Waals surface area contributed by atoms with Gasteiger partial charge in [-0.2, -0.15) is 0 Å². The molecule has 0 amide bonds. The molecule has 0 spiro atoms. The summed E-state index contributed by atoms with van der Waals surface area (Å²) >= 11 is 0. The number of ether oxygens (including phenoxy) is 4. The molecule has 4 fully saturated rings.